The second-order valence-corrected chi connectivity index (χ2v) is 5.86. The number of thioether (sulfide) groups is 1. The Kier molecular flexibility index (Phi) is 4.27. The van der Waals surface area contributed by atoms with E-state index in [4.69, 9.17) is 0 Å². The van der Waals surface area contributed by atoms with E-state index in [0.29, 0.717) is 0 Å². The predicted molar refractivity (Wildman–Crippen MR) is 76.7 cm³/mol. The topological polar surface area (TPSA) is 24.4 Å². The molecule has 0 aromatic heterocycles. The average Bonchev–Trinajstić information content (AvgIpc) is 2.75. The van der Waals surface area contributed by atoms with Gasteiger partial charge in [0.15, 0.2) is 5.17 Å². The van der Waals surface area contributed by atoms with Crippen molar-refractivity contribution in [3.63, 3.8) is 0 Å². The molecule has 0 spiro atoms. The summed E-state index contributed by atoms with van der Waals surface area (Å²) in [4.78, 5) is 4.56. The zero-order valence-electron chi connectivity index (χ0n) is 10.9. The zero-order valence-corrected chi connectivity index (χ0v) is 11.7. The smallest absolute Gasteiger partial charge is 0.157 e. The summed E-state index contributed by atoms with van der Waals surface area (Å²) in [6, 6.07) is 6.64. The highest BCUT2D eigenvalue weighted by atomic mass is 32.2. The maximum atomic E-state index is 12.7. The molecule has 0 saturated carbocycles. The van der Waals surface area contributed by atoms with Gasteiger partial charge in [0.2, 0.25) is 0 Å². The number of hydrogen-bond acceptors (Lipinski definition) is 2. The molecule has 4 heteroatoms. The van der Waals surface area contributed by atoms with Gasteiger partial charge in [0, 0.05) is 17.8 Å². The van der Waals surface area contributed by atoms with E-state index in [1.807, 2.05) is 12.1 Å². The summed E-state index contributed by atoms with van der Waals surface area (Å²) >= 11 is 1.79. The summed E-state index contributed by atoms with van der Waals surface area (Å²) in [6.07, 6.45) is 1.96. The molecular weight excluding hydrogens is 247 g/mol. The fourth-order valence-corrected chi connectivity index (χ4v) is 3.00. The van der Waals surface area contributed by atoms with Crippen molar-refractivity contribution in [1.29, 1.82) is 0 Å². The maximum Gasteiger partial charge on any atom is 0.157 e. The average molecular weight is 266 g/mol. The molecule has 1 aromatic rings. The SMILES string of the molecule is CCC1(C)CSC(=NCCc2ccc(F)cc2)N1. The summed E-state index contributed by atoms with van der Waals surface area (Å²) in [6.45, 7) is 5.16. The van der Waals surface area contributed by atoms with Crippen LogP contribution in [0.2, 0.25) is 0 Å². The molecule has 2 rings (SSSR count). The molecular formula is C14H19FN2S. The minimum absolute atomic E-state index is 0.184. The highest BCUT2D eigenvalue weighted by Gasteiger charge is 2.30. The third-order valence-electron chi connectivity index (χ3n) is 3.29. The molecule has 0 radical (unpaired) electrons. The standard InChI is InChI=1S/C14H19FN2S/c1-3-14(2)10-18-13(17-14)16-9-8-11-4-6-12(15)7-5-11/h4-7H,3,8-10H2,1-2H3,(H,16,17). The van der Waals surface area contributed by atoms with Crippen molar-refractivity contribution in [2.24, 2.45) is 4.99 Å². The molecule has 1 unspecified atom stereocenters. The van der Waals surface area contributed by atoms with Crippen LogP contribution in [0.1, 0.15) is 25.8 Å². The molecule has 0 bridgehead atoms. The van der Waals surface area contributed by atoms with Crippen molar-refractivity contribution in [3.05, 3.63) is 35.6 Å². The van der Waals surface area contributed by atoms with Gasteiger partial charge in [-0.05, 0) is 37.5 Å². The Balaban J connectivity index is 1.84. The number of hydrogen-bond donors (Lipinski definition) is 1. The van der Waals surface area contributed by atoms with Crippen LogP contribution in [0.4, 0.5) is 4.39 Å². The van der Waals surface area contributed by atoms with E-state index in [9.17, 15) is 4.39 Å². The van der Waals surface area contributed by atoms with E-state index in [1.165, 1.54) is 12.1 Å². The quantitative estimate of drug-likeness (QED) is 0.905. The molecule has 1 aliphatic heterocycles. The van der Waals surface area contributed by atoms with Crippen LogP contribution in [0, 0.1) is 5.82 Å². The number of nitrogens with one attached hydrogen (secondary N) is 1. The minimum Gasteiger partial charge on any atom is -0.359 e. The lowest BCUT2D eigenvalue weighted by Gasteiger charge is -2.20. The largest absolute Gasteiger partial charge is 0.359 e. The van der Waals surface area contributed by atoms with Crippen LogP contribution >= 0.6 is 11.8 Å². The molecule has 2 nitrogen and oxygen atoms in total. The van der Waals surface area contributed by atoms with Gasteiger partial charge in [-0.1, -0.05) is 30.8 Å². The van der Waals surface area contributed by atoms with Crippen LogP contribution in [-0.4, -0.2) is 23.0 Å². The molecule has 98 valence electrons. The normalized spacial score (nSPS) is 25.4. The second kappa shape index (κ2) is 5.74. The molecule has 0 aliphatic carbocycles. The molecule has 0 amide bonds. The monoisotopic (exact) mass is 266 g/mol. The van der Waals surface area contributed by atoms with Gasteiger partial charge in [-0.15, -0.1) is 0 Å². The first-order chi connectivity index (χ1) is 8.61. The first kappa shape index (κ1) is 13.4. The second-order valence-electron chi connectivity index (χ2n) is 4.89. The van der Waals surface area contributed by atoms with Crippen molar-refractivity contribution >= 4 is 16.9 Å². The summed E-state index contributed by atoms with van der Waals surface area (Å²) in [5.41, 5.74) is 1.32. The van der Waals surface area contributed by atoms with Crippen molar-refractivity contribution in [2.75, 3.05) is 12.3 Å². The fraction of sp³-hybridized carbons (Fsp3) is 0.500. The summed E-state index contributed by atoms with van der Waals surface area (Å²) < 4.78 is 12.7. The van der Waals surface area contributed by atoms with Crippen LogP contribution in [-0.2, 0) is 6.42 Å². The third-order valence-corrected chi connectivity index (χ3v) is 4.57. The lowest BCUT2D eigenvalue weighted by atomic mass is 10.0. The first-order valence-corrected chi connectivity index (χ1v) is 7.30. The first-order valence-electron chi connectivity index (χ1n) is 6.31. The van der Waals surface area contributed by atoms with E-state index in [0.717, 1.165) is 35.9 Å². The van der Waals surface area contributed by atoms with Gasteiger partial charge in [-0.3, -0.25) is 4.99 Å². The van der Waals surface area contributed by atoms with Crippen molar-refractivity contribution in [3.8, 4) is 0 Å². The van der Waals surface area contributed by atoms with E-state index in [1.54, 1.807) is 11.8 Å². The predicted octanol–water partition coefficient (Wildman–Crippen LogP) is 3.23. The lowest BCUT2D eigenvalue weighted by molar-refractivity contribution is 0.466. The maximum absolute atomic E-state index is 12.7. The summed E-state index contributed by atoms with van der Waals surface area (Å²) in [5.74, 6) is 0.899. The number of amidine groups is 1. The highest BCUT2D eigenvalue weighted by molar-refractivity contribution is 8.14. The van der Waals surface area contributed by atoms with Gasteiger partial charge in [-0.2, -0.15) is 0 Å². The Morgan fingerprint density at radius 2 is 2.11 bits per heavy atom. The number of aliphatic imine (C=N–C) groups is 1. The van der Waals surface area contributed by atoms with Gasteiger partial charge >= 0.3 is 0 Å². The van der Waals surface area contributed by atoms with Gasteiger partial charge in [0.25, 0.3) is 0 Å². The van der Waals surface area contributed by atoms with E-state index >= 15 is 0 Å². The van der Waals surface area contributed by atoms with Crippen LogP contribution < -0.4 is 5.32 Å². The number of benzene rings is 1. The summed E-state index contributed by atoms with van der Waals surface area (Å²) in [5, 5.41) is 4.51. The summed E-state index contributed by atoms with van der Waals surface area (Å²) in [7, 11) is 0. The molecule has 1 heterocycles. The fourth-order valence-electron chi connectivity index (χ4n) is 1.77. The number of rotatable bonds is 4. The Hall–Kier alpha value is -1.03. The molecule has 18 heavy (non-hydrogen) atoms. The van der Waals surface area contributed by atoms with Crippen molar-refractivity contribution in [1.82, 2.24) is 5.32 Å². The van der Waals surface area contributed by atoms with Gasteiger partial charge < -0.3 is 5.32 Å². The van der Waals surface area contributed by atoms with E-state index in [-0.39, 0.29) is 11.4 Å². The van der Waals surface area contributed by atoms with Crippen LogP contribution in [0.3, 0.4) is 0 Å². The van der Waals surface area contributed by atoms with Crippen LogP contribution in [0.25, 0.3) is 0 Å². The minimum atomic E-state index is -0.184. The Labute approximate surface area is 112 Å². The van der Waals surface area contributed by atoms with Crippen molar-refractivity contribution in [2.45, 2.75) is 32.2 Å². The number of nitrogens with zero attached hydrogens (tertiary/aromatic N) is 1. The number of halogens is 1. The highest BCUT2D eigenvalue weighted by Crippen LogP contribution is 2.25. The third kappa shape index (κ3) is 3.48. The lowest BCUT2D eigenvalue weighted by Crippen LogP contribution is -2.39. The molecule has 1 aliphatic rings. The Morgan fingerprint density at radius 3 is 2.72 bits per heavy atom. The van der Waals surface area contributed by atoms with Crippen LogP contribution in [0.5, 0.6) is 0 Å². The van der Waals surface area contributed by atoms with E-state index < -0.39 is 0 Å². The van der Waals surface area contributed by atoms with Gasteiger partial charge in [-0.25, -0.2) is 4.39 Å². The van der Waals surface area contributed by atoms with Gasteiger partial charge in [0.05, 0.1) is 0 Å². The molecule has 1 atom stereocenters. The van der Waals surface area contributed by atoms with Crippen LogP contribution in [0.15, 0.2) is 29.3 Å². The van der Waals surface area contributed by atoms with E-state index in [2.05, 4.69) is 24.2 Å². The zero-order chi connectivity index (χ0) is 13.0. The molecule has 1 aromatic carbocycles. The molecule has 1 N–H and O–H groups in total. The van der Waals surface area contributed by atoms with Gasteiger partial charge in [0.1, 0.15) is 5.82 Å². The molecule has 1 saturated heterocycles. The Morgan fingerprint density at radius 1 is 1.39 bits per heavy atom. The molecule has 1 fully saturated rings. The Bertz CT molecular complexity index is 430. The van der Waals surface area contributed by atoms with Crippen molar-refractivity contribution < 1.29 is 4.39 Å².